The second-order valence-corrected chi connectivity index (χ2v) is 6.20. The average Bonchev–Trinajstić information content (AvgIpc) is 2.65. The lowest BCUT2D eigenvalue weighted by Crippen LogP contribution is -2.48. The number of imide groups is 1. The lowest BCUT2D eigenvalue weighted by Gasteiger charge is -2.30. The number of rotatable bonds is 5. The monoisotopic (exact) mass is 373 g/mol. The molecule has 2 amide bonds. The number of nitrogens with two attached hydrogens (primary N) is 1. The molecule has 3 rings (SSSR count). The quantitative estimate of drug-likeness (QED) is 0.440. The summed E-state index contributed by atoms with van der Waals surface area (Å²) in [7, 11) is 1.27. The van der Waals surface area contributed by atoms with Crippen LogP contribution in [0.4, 0.5) is 5.69 Å². The third-order valence-corrected chi connectivity index (χ3v) is 4.51. The number of methoxy groups -OCH3 is 1. The van der Waals surface area contributed by atoms with Gasteiger partial charge in [-0.25, -0.2) is 0 Å². The third-order valence-electron chi connectivity index (χ3n) is 4.51. The van der Waals surface area contributed by atoms with Gasteiger partial charge < -0.3 is 10.5 Å². The topological polar surface area (TPSA) is 137 Å². The van der Waals surface area contributed by atoms with Crippen LogP contribution in [-0.4, -0.2) is 51.3 Å². The van der Waals surface area contributed by atoms with Crippen LogP contribution in [0.2, 0.25) is 0 Å². The van der Waals surface area contributed by atoms with Crippen molar-refractivity contribution < 1.29 is 19.1 Å². The number of aromatic nitrogens is 3. The van der Waals surface area contributed by atoms with Gasteiger partial charge in [0.1, 0.15) is 11.6 Å². The summed E-state index contributed by atoms with van der Waals surface area (Å²) >= 11 is 0. The highest BCUT2D eigenvalue weighted by atomic mass is 16.5. The number of piperidine rings is 1. The Kier molecular flexibility index (Phi) is 5.15. The number of benzene rings is 1. The second kappa shape index (κ2) is 7.52. The van der Waals surface area contributed by atoms with Crippen LogP contribution >= 0.6 is 0 Å². The zero-order valence-electron chi connectivity index (χ0n) is 14.8. The predicted molar refractivity (Wildman–Crippen MR) is 94.5 cm³/mol. The molecular formula is C17H19N5O5. The van der Waals surface area contributed by atoms with Gasteiger partial charge in [-0.05, 0) is 25.0 Å². The molecule has 0 aliphatic carbocycles. The normalized spacial score (nSPS) is 17.4. The summed E-state index contributed by atoms with van der Waals surface area (Å²) in [6.45, 7) is 0.0706. The van der Waals surface area contributed by atoms with E-state index in [1.54, 1.807) is 18.2 Å². The van der Waals surface area contributed by atoms with E-state index in [4.69, 9.17) is 5.73 Å². The Balaban J connectivity index is 1.88. The van der Waals surface area contributed by atoms with Crippen molar-refractivity contribution in [1.29, 1.82) is 0 Å². The number of carbonyl (C=O) groups excluding carboxylic acids is 3. The van der Waals surface area contributed by atoms with Crippen molar-refractivity contribution in [3.63, 3.8) is 0 Å². The van der Waals surface area contributed by atoms with Gasteiger partial charge in [-0.3, -0.25) is 24.1 Å². The number of amides is 2. The zero-order valence-corrected chi connectivity index (χ0v) is 14.8. The second-order valence-electron chi connectivity index (χ2n) is 6.20. The number of esters is 1. The lowest BCUT2D eigenvalue weighted by atomic mass is 10.0. The van der Waals surface area contributed by atoms with Crippen LogP contribution in [0.3, 0.4) is 0 Å². The highest BCUT2D eigenvalue weighted by Crippen LogP contribution is 2.23. The van der Waals surface area contributed by atoms with Gasteiger partial charge in [0.15, 0.2) is 0 Å². The Morgan fingerprint density at radius 1 is 1.33 bits per heavy atom. The number of anilines is 1. The van der Waals surface area contributed by atoms with E-state index in [9.17, 15) is 19.2 Å². The molecule has 1 saturated heterocycles. The lowest BCUT2D eigenvalue weighted by molar-refractivity contribution is -0.152. The van der Waals surface area contributed by atoms with Crippen molar-refractivity contribution in [3.8, 4) is 0 Å². The van der Waals surface area contributed by atoms with Gasteiger partial charge in [0.05, 0.1) is 12.5 Å². The van der Waals surface area contributed by atoms with Crippen molar-refractivity contribution in [2.24, 2.45) is 0 Å². The molecule has 27 heavy (non-hydrogen) atoms. The van der Waals surface area contributed by atoms with Gasteiger partial charge in [-0.15, -0.1) is 5.10 Å². The first-order valence-electron chi connectivity index (χ1n) is 8.48. The molecular weight excluding hydrogens is 354 g/mol. The number of hydrogen-bond donors (Lipinski definition) is 1. The molecule has 10 heteroatoms. The minimum absolute atomic E-state index is 0.0706. The Labute approximate surface area is 153 Å². The molecule has 0 spiro atoms. The largest absolute Gasteiger partial charge is 0.469 e. The Morgan fingerprint density at radius 3 is 2.85 bits per heavy atom. The first-order chi connectivity index (χ1) is 12.9. The molecule has 2 aromatic rings. The third kappa shape index (κ3) is 3.50. The standard InChI is InChI=1S/C17H19N5O5/c1-27-14(24)6-3-9-21-13(23)8-7-12(16(21)25)22-17(26)15-10(18)4-2-5-11(15)19-20-22/h2,4-5,12H,3,6-9,18H2,1H3. The number of likely N-dealkylation sites (tertiary alicyclic amines) is 1. The van der Waals surface area contributed by atoms with Gasteiger partial charge in [0, 0.05) is 25.1 Å². The van der Waals surface area contributed by atoms with Crippen molar-refractivity contribution in [2.75, 3.05) is 19.4 Å². The summed E-state index contributed by atoms with van der Waals surface area (Å²) < 4.78 is 5.54. The van der Waals surface area contributed by atoms with E-state index in [2.05, 4.69) is 15.0 Å². The van der Waals surface area contributed by atoms with Crippen LogP contribution < -0.4 is 11.3 Å². The molecule has 1 unspecified atom stereocenters. The molecule has 10 nitrogen and oxygen atoms in total. The first-order valence-corrected chi connectivity index (χ1v) is 8.48. The zero-order chi connectivity index (χ0) is 19.6. The van der Waals surface area contributed by atoms with Gasteiger partial charge in [-0.1, -0.05) is 11.3 Å². The minimum atomic E-state index is -0.940. The maximum absolute atomic E-state index is 12.8. The van der Waals surface area contributed by atoms with E-state index in [0.717, 1.165) is 9.58 Å². The molecule has 1 aliphatic rings. The molecule has 2 N–H and O–H groups in total. The first kappa shape index (κ1) is 18.5. The van der Waals surface area contributed by atoms with E-state index in [-0.39, 0.29) is 49.2 Å². The highest BCUT2D eigenvalue weighted by molar-refractivity contribution is 5.99. The summed E-state index contributed by atoms with van der Waals surface area (Å²) in [5, 5.41) is 8.03. The highest BCUT2D eigenvalue weighted by Gasteiger charge is 2.36. The summed E-state index contributed by atoms with van der Waals surface area (Å²) in [6, 6.07) is 3.89. The van der Waals surface area contributed by atoms with Crippen LogP contribution in [0, 0.1) is 0 Å². The van der Waals surface area contributed by atoms with E-state index in [0.29, 0.717) is 5.52 Å². The van der Waals surface area contributed by atoms with Crippen LogP contribution in [0.5, 0.6) is 0 Å². The number of ether oxygens (including phenoxy) is 1. The molecule has 0 radical (unpaired) electrons. The van der Waals surface area contributed by atoms with Gasteiger partial charge in [0.25, 0.3) is 11.5 Å². The van der Waals surface area contributed by atoms with Crippen molar-refractivity contribution in [3.05, 3.63) is 28.6 Å². The molecule has 0 bridgehead atoms. The van der Waals surface area contributed by atoms with Crippen LogP contribution in [0.1, 0.15) is 31.7 Å². The van der Waals surface area contributed by atoms with Gasteiger partial charge >= 0.3 is 5.97 Å². The maximum Gasteiger partial charge on any atom is 0.305 e. The molecule has 1 atom stereocenters. The number of carbonyl (C=O) groups is 3. The summed E-state index contributed by atoms with van der Waals surface area (Å²) in [4.78, 5) is 50.0. The van der Waals surface area contributed by atoms with Crippen molar-refractivity contribution in [1.82, 2.24) is 19.9 Å². The molecule has 0 saturated carbocycles. The molecule has 1 aromatic heterocycles. The number of nitrogens with zero attached hydrogens (tertiary/aromatic N) is 4. The minimum Gasteiger partial charge on any atom is -0.469 e. The van der Waals surface area contributed by atoms with Crippen LogP contribution in [0.25, 0.3) is 10.9 Å². The molecule has 1 fully saturated rings. The fraction of sp³-hybridized carbons (Fsp3) is 0.412. The van der Waals surface area contributed by atoms with Crippen molar-refractivity contribution >= 4 is 34.4 Å². The smallest absolute Gasteiger partial charge is 0.305 e. The average molecular weight is 373 g/mol. The van der Waals surface area contributed by atoms with Gasteiger partial charge in [-0.2, -0.15) is 4.68 Å². The molecule has 2 heterocycles. The number of fused-ring (bicyclic) bond motifs is 1. The summed E-state index contributed by atoms with van der Waals surface area (Å²) in [5.41, 5.74) is 5.93. The Morgan fingerprint density at radius 2 is 2.11 bits per heavy atom. The van der Waals surface area contributed by atoms with E-state index >= 15 is 0 Å². The fourth-order valence-corrected chi connectivity index (χ4v) is 3.10. The molecule has 1 aromatic carbocycles. The summed E-state index contributed by atoms with van der Waals surface area (Å²) in [6.07, 6.45) is 0.607. The van der Waals surface area contributed by atoms with Gasteiger partial charge in [0.2, 0.25) is 5.91 Å². The SMILES string of the molecule is COC(=O)CCCN1C(=O)CCC(n2nnc3cccc(N)c3c2=O)C1=O. The van der Waals surface area contributed by atoms with E-state index < -0.39 is 23.5 Å². The maximum atomic E-state index is 12.8. The van der Waals surface area contributed by atoms with E-state index in [1.165, 1.54) is 7.11 Å². The molecule has 1 aliphatic heterocycles. The number of nitrogen functional groups attached to an aromatic ring is 1. The number of hydrogen-bond acceptors (Lipinski definition) is 8. The van der Waals surface area contributed by atoms with Crippen LogP contribution in [-0.2, 0) is 19.1 Å². The fourth-order valence-electron chi connectivity index (χ4n) is 3.10. The van der Waals surface area contributed by atoms with Crippen molar-refractivity contribution in [2.45, 2.75) is 31.7 Å². The Hall–Kier alpha value is -3.30. The molecule has 142 valence electrons. The van der Waals surface area contributed by atoms with E-state index in [1.807, 2.05) is 0 Å². The Bertz CT molecular complexity index is 970. The van der Waals surface area contributed by atoms with Crippen LogP contribution in [0.15, 0.2) is 23.0 Å². The predicted octanol–water partition coefficient (Wildman–Crippen LogP) is 0.0170. The summed E-state index contributed by atoms with van der Waals surface area (Å²) in [5.74, 6) is -1.31.